The maximum atomic E-state index is 9.45. The Bertz CT molecular complexity index is 115. The van der Waals surface area contributed by atoms with Gasteiger partial charge in [0.05, 0.1) is 6.10 Å². The van der Waals surface area contributed by atoms with Gasteiger partial charge in [0.2, 0.25) is 5.79 Å². The van der Waals surface area contributed by atoms with Crippen molar-refractivity contribution in [1.82, 2.24) is 0 Å². The lowest BCUT2D eigenvalue weighted by atomic mass is 10.1. The van der Waals surface area contributed by atoms with Gasteiger partial charge in [0.1, 0.15) is 0 Å². The molecule has 2 atom stereocenters. The van der Waals surface area contributed by atoms with Crippen molar-refractivity contribution < 1.29 is 14.9 Å². The highest BCUT2D eigenvalue weighted by Gasteiger charge is 2.38. The smallest absolute Gasteiger partial charge is 0.201 e. The summed E-state index contributed by atoms with van der Waals surface area (Å²) in [6.45, 7) is 3.89. The van der Waals surface area contributed by atoms with Crippen LogP contribution in [-0.4, -0.2) is 17.0 Å². The van der Waals surface area contributed by atoms with Gasteiger partial charge in [0.15, 0.2) is 0 Å². The number of hydrogen-bond donors (Lipinski definition) is 1. The third kappa shape index (κ3) is 1.48. The topological polar surface area (TPSA) is 38.7 Å². The second kappa shape index (κ2) is 2.86. The van der Waals surface area contributed by atoms with Gasteiger partial charge in [-0.05, 0) is 6.42 Å². The van der Waals surface area contributed by atoms with E-state index in [1.807, 2.05) is 13.8 Å². The highest BCUT2D eigenvalue weighted by molar-refractivity contribution is 4.73. The highest BCUT2D eigenvalue weighted by Crippen LogP contribution is 2.29. The monoisotopic (exact) mass is 146 g/mol. The molecule has 1 saturated heterocycles. The van der Waals surface area contributed by atoms with E-state index in [9.17, 15) is 5.11 Å². The van der Waals surface area contributed by atoms with E-state index in [2.05, 4.69) is 0 Å². The standard InChI is InChI=1S/C7H14O3/c1-3-6-5-7(8,4-2)10-9-6/h6,8H,3-5H2,1-2H3. The molecule has 1 aliphatic rings. The average molecular weight is 146 g/mol. The van der Waals surface area contributed by atoms with Crippen LogP contribution >= 0.6 is 0 Å². The first-order valence-corrected chi connectivity index (χ1v) is 3.77. The molecule has 0 amide bonds. The Morgan fingerprint density at radius 2 is 2.30 bits per heavy atom. The molecule has 0 bridgehead atoms. The van der Waals surface area contributed by atoms with Gasteiger partial charge in [-0.25, -0.2) is 9.78 Å². The molecule has 1 heterocycles. The van der Waals surface area contributed by atoms with Crippen LogP contribution in [-0.2, 0) is 9.78 Å². The van der Waals surface area contributed by atoms with Gasteiger partial charge in [-0.3, -0.25) is 0 Å². The molecule has 0 aliphatic carbocycles. The Hall–Kier alpha value is -0.120. The summed E-state index contributed by atoms with van der Waals surface area (Å²) >= 11 is 0. The first-order chi connectivity index (χ1) is 4.70. The summed E-state index contributed by atoms with van der Waals surface area (Å²) in [6.07, 6.45) is 2.15. The molecular formula is C7H14O3. The Morgan fingerprint density at radius 1 is 1.60 bits per heavy atom. The summed E-state index contributed by atoms with van der Waals surface area (Å²) in [5, 5.41) is 9.45. The van der Waals surface area contributed by atoms with Gasteiger partial charge in [0, 0.05) is 12.8 Å². The van der Waals surface area contributed by atoms with E-state index in [4.69, 9.17) is 9.78 Å². The quantitative estimate of drug-likeness (QED) is 0.595. The second-order valence-corrected chi connectivity index (χ2v) is 2.71. The minimum atomic E-state index is -1.01. The van der Waals surface area contributed by atoms with Crippen LogP contribution in [0.4, 0.5) is 0 Å². The molecule has 3 heteroatoms. The molecule has 2 unspecified atom stereocenters. The summed E-state index contributed by atoms with van der Waals surface area (Å²) < 4.78 is 0. The van der Waals surface area contributed by atoms with Gasteiger partial charge < -0.3 is 5.11 Å². The number of hydrogen-bond acceptors (Lipinski definition) is 3. The predicted octanol–water partition coefficient (Wildman–Crippen LogP) is 1.22. The number of aliphatic hydroxyl groups is 1. The first-order valence-electron chi connectivity index (χ1n) is 3.77. The summed E-state index contributed by atoms with van der Waals surface area (Å²) in [5.41, 5.74) is 0. The SMILES string of the molecule is CCC1CC(O)(CC)OO1. The lowest BCUT2D eigenvalue weighted by Crippen LogP contribution is -2.25. The average Bonchev–Trinajstić information content (AvgIpc) is 2.33. The van der Waals surface area contributed by atoms with E-state index in [0.717, 1.165) is 6.42 Å². The second-order valence-electron chi connectivity index (χ2n) is 2.71. The minimum Gasteiger partial charge on any atom is -0.363 e. The Morgan fingerprint density at radius 3 is 2.60 bits per heavy atom. The summed E-state index contributed by atoms with van der Waals surface area (Å²) in [6, 6.07) is 0. The van der Waals surface area contributed by atoms with E-state index in [1.54, 1.807) is 0 Å². The molecule has 60 valence electrons. The normalized spacial score (nSPS) is 40.5. The fourth-order valence-corrected chi connectivity index (χ4v) is 0.997. The Labute approximate surface area is 60.9 Å². The van der Waals surface area contributed by atoms with Crippen molar-refractivity contribution in [3.05, 3.63) is 0 Å². The predicted molar refractivity (Wildman–Crippen MR) is 36.1 cm³/mol. The Balaban J connectivity index is 2.41. The third-order valence-corrected chi connectivity index (χ3v) is 1.89. The zero-order chi connectivity index (χ0) is 7.61. The fourth-order valence-electron chi connectivity index (χ4n) is 0.997. The molecule has 0 aromatic carbocycles. The van der Waals surface area contributed by atoms with Crippen molar-refractivity contribution in [2.45, 2.75) is 45.0 Å². The molecule has 0 spiro atoms. The molecular weight excluding hydrogens is 132 g/mol. The van der Waals surface area contributed by atoms with E-state index < -0.39 is 5.79 Å². The van der Waals surface area contributed by atoms with Crippen molar-refractivity contribution in [3.63, 3.8) is 0 Å². The lowest BCUT2D eigenvalue weighted by Gasteiger charge is -2.14. The summed E-state index contributed by atoms with van der Waals surface area (Å²) in [4.78, 5) is 9.61. The largest absolute Gasteiger partial charge is 0.363 e. The first kappa shape index (κ1) is 7.98. The van der Waals surface area contributed by atoms with E-state index in [0.29, 0.717) is 12.8 Å². The maximum absolute atomic E-state index is 9.45. The molecule has 1 fully saturated rings. The molecule has 1 N–H and O–H groups in total. The summed E-state index contributed by atoms with van der Waals surface area (Å²) in [7, 11) is 0. The van der Waals surface area contributed by atoms with Crippen LogP contribution in [0.15, 0.2) is 0 Å². The molecule has 3 nitrogen and oxygen atoms in total. The molecule has 0 aromatic rings. The molecule has 1 rings (SSSR count). The maximum Gasteiger partial charge on any atom is 0.201 e. The van der Waals surface area contributed by atoms with Crippen LogP contribution in [0.5, 0.6) is 0 Å². The molecule has 1 aliphatic heterocycles. The van der Waals surface area contributed by atoms with Crippen LogP contribution in [0.2, 0.25) is 0 Å². The lowest BCUT2D eigenvalue weighted by molar-refractivity contribution is -0.378. The van der Waals surface area contributed by atoms with Crippen LogP contribution in [0, 0.1) is 0 Å². The van der Waals surface area contributed by atoms with Gasteiger partial charge in [-0.15, -0.1) is 0 Å². The van der Waals surface area contributed by atoms with Crippen LogP contribution in [0.25, 0.3) is 0 Å². The van der Waals surface area contributed by atoms with Crippen molar-refractivity contribution >= 4 is 0 Å². The van der Waals surface area contributed by atoms with Crippen molar-refractivity contribution in [1.29, 1.82) is 0 Å². The van der Waals surface area contributed by atoms with Crippen LogP contribution in [0.3, 0.4) is 0 Å². The van der Waals surface area contributed by atoms with E-state index in [1.165, 1.54) is 0 Å². The minimum absolute atomic E-state index is 0.0740. The fraction of sp³-hybridized carbons (Fsp3) is 1.00. The summed E-state index contributed by atoms with van der Waals surface area (Å²) in [5.74, 6) is -1.01. The van der Waals surface area contributed by atoms with Crippen molar-refractivity contribution in [3.8, 4) is 0 Å². The van der Waals surface area contributed by atoms with Gasteiger partial charge >= 0.3 is 0 Å². The van der Waals surface area contributed by atoms with Crippen molar-refractivity contribution in [2.24, 2.45) is 0 Å². The highest BCUT2D eigenvalue weighted by atomic mass is 17.2. The molecule has 10 heavy (non-hydrogen) atoms. The van der Waals surface area contributed by atoms with Crippen LogP contribution in [0.1, 0.15) is 33.1 Å². The Kier molecular flexibility index (Phi) is 2.28. The molecule has 0 saturated carbocycles. The van der Waals surface area contributed by atoms with Crippen molar-refractivity contribution in [2.75, 3.05) is 0 Å². The van der Waals surface area contributed by atoms with Gasteiger partial charge in [-0.2, -0.15) is 0 Å². The van der Waals surface area contributed by atoms with E-state index in [-0.39, 0.29) is 6.10 Å². The van der Waals surface area contributed by atoms with Gasteiger partial charge in [0.25, 0.3) is 0 Å². The van der Waals surface area contributed by atoms with E-state index >= 15 is 0 Å². The zero-order valence-electron chi connectivity index (χ0n) is 6.46. The zero-order valence-corrected chi connectivity index (χ0v) is 6.46. The molecule has 0 radical (unpaired) electrons. The number of rotatable bonds is 2. The van der Waals surface area contributed by atoms with Gasteiger partial charge in [-0.1, -0.05) is 13.8 Å². The third-order valence-electron chi connectivity index (χ3n) is 1.89. The van der Waals surface area contributed by atoms with Crippen LogP contribution < -0.4 is 0 Å². The molecule has 0 aromatic heterocycles.